The fourth-order valence-corrected chi connectivity index (χ4v) is 2.93. The first-order valence-corrected chi connectivity index (χ1v) is 9.95. The highest BCUT2D eigenvalue weighted by molar-refractivity contribution is 14.0. The summed E-state index contributed by atoms with van der Waals surface area (Å²) in [6.07, 6.45) is 5.87. The average molecular weight is 489 g/mol. The van der Waals surface area contributed by atoms with Gasteiger partial charge in [-0.15, -0.1) is 24.0 Å². The maximum absolute atomic E-state index is 4.69. The fourth-order valence-electron chi connectivity index (χ4n) is 2.93. The van der Waals surface area contributed by atoms with Crippen LogP contribution in [0.1, 0.15) is 33.6 Å². The minimum absolute atomic E-state index is 0. The molecule has 0 aromatic carbocycles. The summed E-state index contributed by atoms with van der Waals surface area (Å²) in [6, 6.07) is 1.86. The Balaban J connectivity index is 0.00000364. The van der Waals surface area contributed by atoms with E-state index in [9.17, 15) is 0 Å². The first-order chi connectivity index (χ1) is 12.7. The van der Waals surface area contributed by atoms with Gasteiger partial charge in [-0.3, -0.25) is 9.89 Å². The van der Waals surface area contributed by atoms with Gasteiger partial charge in [-0.2, -0.15) is 0 Å². The molecule has 1 saturated heterocycles. The van der Waals surface area contributed by atoms with E-state index in [-0.39, 0.29) is 24.0 Å². The number of aliphatic imine (C=N–C) groups is 1. The minimum Gasteiger partial charge on any atom is -0.357 e. The summed E-state index contributed by atoms with van der Waals surface area (Å²) in [7, 11) is 0. The number of halogens is 1. The maximum Gasteiger partial charge on any atom is 0.225 e. The monoisotopic (exact) mass is 489 g/mol. The topological polar surface area (TPSA) is 68.7 Å². The van der Waals surface area contributed by atoms with Crippen LogP contribution in [-0.4, -0.2) is 73.2 Å². The highest BCUT2D eigenvalue weighted by atomic mass is 127. The van der Waals surface area contributed by atoms with Crippen molar-refractivity contribution >= 4 is 35.9 Å². The number of hydrogen-bond donors (Lipinski definition) is 2. The van der Waals surface area contributed by atoms with Crippen LogP contribution in [0.25, 0.3) is 0 Å². The zero-order chi connectivity index (χ0) is 18.6. The van der Waals surface area contributed by atoms with Crippen LogP contribution >= 0.6 is 24.0 Å². The second kappa shape index (κ2) is 13.9. The van der Waals surface area contributed by atoms with Crippen LogP contribution in [0.15, 0.2) is 23.5 Å². The molecule has 1 aliphatic rings. The van der Waals surface area contributed by atoms with E-state index in [2.05, 4.69) is 51.2 Å². The van der Waals surface area contributed by atoms with Gasteiger partial charge in [0, 0.05) is 64.8 Å². The number of rotatable bonds is 9. The normalized spacial score (nSPS) is 15.6. The van der Waals surface area contributed by atoms with Gasteiger partial charge in [-0.25, -0.2) is 9.97 Å². The Morgan fingerprint density at radius 2 is 1.85 bits per heavy atom. The maximum atomic E-state index is 4.69. The van der Waals surface area contributed by atoms with E-state index in [1.165, 1.54) is 6.42 Å². The summed E-state index contributed by atoms with van der Waals surface area (Å²) < 4.78 is 0. The lowest BCUT2D eigenvalue weighted by atomic mass is 10.1. The van der Waals surface area contributed by atoms with E-state index >= 15 is 0 Å². The van der Waals surface area contributed by atoms with Crippen LogP contribution in [-0.2, 0) is 0 Å². The molecular formula is C19H36IN7. The van der Waals surface area contributed by atoms with Gasteiger partial charge in [0.2, 0.25) is 5.95 Å². The molecule has 0 atom stereocenters. The molecule has 154 valence electrons. The Hall–Kier alpha value is -1.16. The van der Waals surface area contributed by atoms with Gasteiger partial charge in [0.15, 0.2) is 5.96 Å². The van der Waals surface area contributed by atoms with E-state index in [1.54, 1.807) is 0 Å². The first-order valence-electron chi connectivity index (χ1n) is 9.95. The molecule has 2 rings (SSSR count). The van der Waals surface area contributed by atoms with Crippen molar-refractivity contribution in [2.75, 3.05) is 57.3 Å². The lowest BCUT2D eigenvalue weighted by Crippen LogP contribution is -2.47. The molecule has 7 nitrogen and oxygen atoms in total. The molecule has 8 heteroatoms. The van der Waals surface area contributed by atoms with Gasteiger partial charge in [-0.1, -0.05) is 13.8 Å². The molecule has 0 bridgehead atoms. The molecule has 1 aliphatic heterocycles. The van der Waals surface area contributed by atoms with Gasteiger partial charge in [0.05, 0.1) is 0 Å². The lowest BCUT2D eigenvalue weighted by molar-refractivity contribution is 0.255. The van der Waals surface area contributed by atoms with Crippen molar-refractivity contribution in [2.24, 2.45) is 10.9 Å². The Morgan fingerprint density at radius 3 is 2.48 bits per heavy atom. The molecule has 0 unspecified atom stereocenters. The van der Waals surface area contributed by atoms with Gasteiger partial charge in [0.1, 0.15) is 0 Å². The summed E-state index contributed by atoms with van der Waals surface area (Å²) in [6.45, 7) is 14.5. The molecular weight excluding hydrogens is 453 g/mol. The van der Waals surface area contributed by atoms with Crippen molar-refractivity contribution in [3.8, 4) is 0 Å². The third kappa shape index (κ3) is 9.55. The van der Waals surface area contributed by atoms with Crippen LogP contribution in [0.5, 0.6) is 0 Å². The Bertz CT molecular complexity index is 516. The quantitative estimate of drug-likeness (QED) is 0.240. The molecule has 1 aromatic rings. The SMILES string of the molecule is CCNC(=NCCCN1CCN(c2ncccn2)CC1)NCCC(C)C.I. The summed E-state index contributed by atoms with van der Waals surface area (Å²) >= 11 is 0. The van der Waals surface area contributed by atoms with Crippen molar-refractivity contribution < 1.29 is 0 Å². The van der Waals surface area contributed by atoms with Gasteiger partial charge in [0.25, 0.3) is 0 Å². The zero-order valence-electron chi connectivity index (χ0n) is 17.0. The lowest BCUT2D eigenvalue weighted by Gasteiger charge is -2.34. The van der Waals surface area contributed by atoms with Crippen LogP contribution in [0, 0.1) is 5.92 Å². The molecule has 27 heavy (non-hydrogen) atoms. The smallest absolute Gasteiger partial charge is 0.225 e. The summed E-state index contributed by atoms with van der Waals surface area (Å²) in [5, 5.41) is 6.74. The summed E-state index contributed by atoms with van der Waals surface area (Å²) in [4.78, 5) is 18.1. The molecule has 1 fully saturated rings. The van der Waals surface area contributed by atoms with Crippen molar-refractivity contribution in [1.29, 1.82) is 0 Å². The highest BCUT2D eigenvalue weighted by Crippen LogP contribution is 2.09. The predicted octanol–water partition coefficient (Wildman–Crippen LogP) is 2.21. The van der Waals surface area contributed by atoms with Crippen LogP contribution < -0.4 is 15.5 Å². The van der Waals surface area contributed by atoms with E-state index in [1.807, 2.05) is 18.5 Å². The molecule has 2 N–H and O–H groups in total. The molecule has 2 heterocycles. The molecule has 0 amide bonds. The number of nitrogens with zero attached hydrogens (tertiary/aromatic N) is 5. The van der Waals surface area contributed by atoms with Crippen molar-refractivity contribution in [3.05, 3.63) is 18.5 Å². The van der Waals surface area contributed by atoms with Gasteiger partial charge < -0.3 is 15.5 Å². The number of aromatic nitrogens is 2. The number of nitrogens with one attached hydrogen (secondary N) is 2. The van der Waals surface area contributed by atoms with Crippen LogP contribution in [0.4, 0.5) is 5.95 Å². The number of guanidine groups is 1. The third-order valence-electron chi connectivity index (χ3n) is 4.47. The Labute approximate surface area is 181 Å². The molecule has 1 aromatic heterocycles. The Kier molecular flexibility index (Phi) is 12.3. The second-order valence-electron chi connectivity index (χ2n) is 7.10. The van der Waals surface area contributed by atoms with Gasteiger partial charge in [-0.05, 0) is 31.7 Å². The number of hydrogen-bond acceptors (Lipinski definition) is 5. The van der Waals surface area contributed by atoms with Crippen molar-refractivity contribution in [1.82, 2.24) is 25.5 Å². The first kappa shape index (κ1) is 23.9. The fraction of sp³-hybridized carbons (Fsp3) is 0.737. The summed E-state index contributed by atoms with van der Waals surface area (Å²) in [5.74, 6) is 2.50. The van der Waals surface area contributed by atoms with E-state index < -0.39 is 0 Å². The van der Waals surface area contributed by atoms with E-state index in [0.717, 1.165) is 70.7 Å². The highest BCUT2D eigenvalue weighted by Gasteiger charge is 2.18. The zero-order valence-corrected chi connectivity index (χ0v) is 19.4. The van der Waals surface area contributed by atoms with E-state index in [4.69, 9.17) is 4.99 Å². The summed E-state index contributed by atoms with van der Waals surface area (Å²) in [5.41, 5.74) is 0. The van der Waals surface area contributed by atoms with Crippen molar-refractivity contribution in [3.63, 3.8) is 0 Å². The van der Waals surface area contributed by atoms with Crippen LogP contribution in [0.3, 0.4) is 0 Å². The average Bonchev–Trinajstić information content (AvgIpc) is 2.66. The van der Waals surface area contributed by atoms with Crippen LogP contribution in [0.2, 0.25) is 0 Å². The molecule has 0 saturated carbocycles. The Morgan fingerprint density at radius 1 is 1.15 bits per heavy atom. The molecule has 0 aliphatic carbocycles. The van der Waals surface area contributed by atoms with Crippen molar-refractivity contribution in [2.45, 2.75) is 33.6 Å². The number of piperazine rings is 1. The third-order valence-corrected chi connectivity index (χ3v) is 4.47. The second-order valence-corrected chi connectivity index (χ2v) is 7.10. The number of anilines is 1. The molecule has 0 spiro atoms. The predicted molar refractivity (Wildman–Crippen MR) is 124 cm³/mol. The molecule has 0 radical (unpaired) electrons. The standard InChI is InChI=1S/C19H35N7.HI/c1-4-20-18(22-11-7-17(2)3)21-10-6-12-25-13-15-26(16-14-25)19-23-8-5-9-24-19;/h5,8-9,17H,4,6-7,10-16H2,1-3H3,(H2,20,21,22);1H. The minimum atomic E-state index is 0. The largest absolute Gasteiger partial charge is 0.357 e. The van der Waals surface area contributed by atoms with E-state index in [0.29, 0.717) is 5.92 Å². The van der Waals surface area contributed by atoms with Gasteiger partial charge >= 0.3 is 0 Å².